The zero-order chi connectivity index (χ0) is 13.0. The van der Waals surface area contributed by atoms with Gasteiger partial charge in [0.05, 0.1) is 0 Å². The third kappa shape index (κ3) is 4.45. The molecule has 0 heterocycles. The summed E-state index contributed by atoms with van der Waals surface area (Å²) in [5.74, 6) is 0.894. The number of rotatable bonds is 3. The molecule has 1 aromatic rings. The van der Waals surface area contributed by atoms with Crippen molar-refractivity contribution in [3.63, 3.8) is 0 Å². The fourth-order valence-corrected chi connectivity index (χ4v) is 3.07. The van der Waals surface area contributed by atoms with Crippen molar-refractivity contribution in [3.05, 3.63) is 35.9 Å². The van der Waals surface area contributed by atoms with Crippen molar-refractivity contribution in [1.82, 2.24) is 5.32 Å². The molecule has 0 atom stereocenters. The average Bonchev–Trinajstić information content (AvgIpc) is 2.31. The molecule has 0 amide bonds. The average molecular weight is 245 g/mol. The minimum Gasteiger partial charge on any atom is -0.309 e. The molecule has 0 unspecified atom stereocenters. The Morgan fingerprint density at radius 1 is 1.00 bits per heavy atom. The second-order valence-electron chi connectivity index (χ2n) is 6.80. The predicted molar refractivity (Wildman–Crippen MR) is 78.8 cm³/mol. The Bertz CT molecular complexity index is 342. The first kappa shape index (κ1) is 13.6. The van der Waals surface area contributed by atoms with Crippen molar-refractivity contribution in [2.75, 3.05) is 0 Å². The fourth-order valence-electron chi connectivity index (χ4n) is 3.07. The summed E-state index contributed by atoms with van der Waals surface area (Å²) >= 11 is 0. The molecule has 0 spiro atoms. The predicted octanol–water partition coefficient (Wildman–Crippen LogP) is 4.18. The van der Waals surface area contributed by atoms with Gasteiger partial charge in [-0.25, -0.2) is 0 Å². The van der Waals surface area contributed by atoms with Crippen molar-refractivity contribution < 1.29 is 0 Å². The molecule has 1 saturated carbocycles. The van der Waals surface area contributed by atoms with Gasteiger partial charge in [0, 0.05) is 11.6 Å². The molecule has 1 nitrogen and oxygen atoms in total. The molecule has 1 N–H and O–H groups in total. The fraction of sp³-hybridized carbons (Fsp3) is 0.647. The van der Waals surface area contributed by atoms with Gasteiger partial charge >= 0.3 is 0 Å². The van der Waals surface area contributed by atoms with E-state index in [9.17, 15) is 0 Å². The van der Waals surface area contributed by atoms with E-state index in [-0.39, 0.29) is 5.54 Å². The van der Waals surface area contributed by atoms with Crippen LogP contribution < -0.4 is 5.32 Å². The smallest absolute Gasteiger partial charge is 0.00990 e. The second kappa shape index (κ2) is 5.88. The van der Waals surface area contributed by atoms with Crippen molar-refractivity contribution in [2.24, 2.45) is 5.92 Å². The molecule has 1 aliphatic rings. The van der Waals surface area contributed by atoms with E-state index in [4.69, 9.17) is 0 Å². The number of hydrogen-bond acceptors (Lipinski definition) is 1. The molecule has 18 heavy (non-hydrogen) atoms. The number of hydrogen-bond donors (Lipinski definition) is 1. The van der Waals surface area contributed by atoms with Gasteiger partial charge in [-0.05, 0) is 64.4 Å². The van der Waals surface area contributed by atoms with Gasteiger partial charge in [0.15, 0.2) is 0 Å². The van der Waals surface area contributed by atoms with E-state index in [1.165, 1.54) is 37.7 Å². The summed E-state index contributed by atoms with van der Waals surface area (Å²) in [6, 6.07) is 11.7. The maximum atomic E-state index is 3.74. The van der Waals surface area contributed by atoms with E-state index in [0.717, 1.165) is 12.0 Å². The molecular weight excluding hydrogens is 218 g/mol. The lowest BCUT2D eigenvalue weighted by atomic mass is 9.82. The summed E-state index contributed by atoms with van der Waals surface area (Å²) in [5.41, 5.74) is 1.77. The first-order valence-corrected chi connectivity index (χ1v) is 7.34. The third-order valence-electron chi connectivity index (χ3n) is 3.85. The molecule has 1 heteroatoms. The van der Waals surface area contributed by atoms with Crippen LogP contribution >= 0.6 is 0 Å². The zero-order valence-corrected chi connectivity index (χ0v) is 12.1. The lowest BCUT2D eigenvalue weighted by Crippen LogP contribution is -2.45. The molecule has 0 aliphatic heterocycles. The van der Waals surface area contributed by atoms with Gasteiger partial charge in [-0.1, -0.05) is 30.3 Å². The van der Waals surface area contributed by atoms with Crippen molar-refractivity contribution in [1.29, 1.82) is 0 Å². The molecule has 0 bridgehead atoms. The van der Waals surface area contributed by atoms with Gasteiger partial charge in [0.2, 0.25) is 0 Å². The van der Waals surface area contributed by atoms with E-state index in [2.05, 4.69) is 56.4 Å². The van der Waals surface area contributed by atoms with Gasteiger partial charge in [-0.2, -0.15) is 0 Å². The highest BCUT2D eigenvalue weighted by atomic mass is 15.0. The normalized spacial score (nSPS) is 25.1. The van der Waals surface area contributed by atoms with Crippen LogP contribution in [0.1, 0.15) is 52.0 Å². The lowest BCUT2D eigenvalue weighted by molar-refractivity contribution is 0.249. The van der Waals surface area contributed by atoms with Crippen molar-refractivity contribution >= 4 is 0 Å². The van der Waals surface area contributed by atoms with Gasteiger partial charge in [0.1, 0.15) is 0 Å². The Hall–Kier alpha value is -0.820. The number of benzene rings is 1. The minimum absolute atomic E-state index is 0.261. The highest BCUT2D eigenvalue weighted by molar-refractivity contribution is 5.15. The molecule has 1 aliphatic carbocycles. The summed E-state index contributed by atoms with van der Waals surface area (Å²) in [6.07, 6.45) is 6.71. The molecule has 1 fully saturated rings. The van der Waals surface area contributed by atoms with E-state index in [1.807, 2.05) is 0 Å². The first-order chi connectivity index (χ1) is 8.53. The van der Waals surface area contributed by atoms with Crippen LogP contribution in [0.3, 0.4) is 0 Å². The van der Waals surface area contributed by atoms with Crippen LogP contribution in [-0.2, 0) is 6.42 Å². The Morgan fingerprint density at radius 3 is 2.17 bits per heavy atom. The summed E-state index contributed by atoms with van der Waals surface area (Å²) in [4.78, 5) is 0. The second-order valence-corrected chi connectivity index (χ2v) is 6.80. The van der Waals surface area contributed by atoms with Gasteiger partial charge in [-0.15, -0.1) is 0 Å². The van der Waals surface area contributed by atoms with Crippen LogP contribution in [0.4, 0.5) is 0 Å². The summed E-state index contributed by atoms with van der Waals surface area (Å²) in [6.45, 7) is 6.80. The van der Waals surface area contributed by atoms with Crippen LogP contribution in [-0.4, -0.2) is 11.6 Å². The minimum atomic E-state index is 0.261. The molecule has 100 valence electrons. The Balaban J connectivity index is 1.77. The summed E-state index contributed by atoms with van der Waals surface area (Å²) in [5, 5.41) is 3.74. The molecular formula is C17H27N. The maximum absolute atomic E-state index is 3.74. The summed E-state index contributed by atoms with van der Waals surface area (Å²) < 4.78 is 0. The highest BCUT2D eigenvalue weighted by Crippen LogP contribution is 2.28. The van der Waals surface area contributed by atoms with Crippen LogP contribution in [0.2, 0.25) is 0 Å². The van der Waals surface area contributed by atoms with E-state index in [0.29, 0.717) is 0 Å². The summed E-state index contributed by atoms with van der Waals surface area (Å²) in [7, 11) is 0. The van der Waals surface area contributed by atoms with Gasteiger partial charge < -0.3 is 5.32 Å². The highest BCUT2D eigenvalue weighted by Gasteiger charge is 2.24. The van der Waals surface area contributed by atoms with Crippen molar-refractivity contribution in [2.45, 2.75) is 64.5 Å². The van der Waals surface area contributed by atoms with Crippen LogP contribution in [0, 0.1) is 5.92 Å². The van der Waals surface area contributed by atoms with Crippen LogP contribution in [0.5, 0.6) is 0 Å². The Labute approximate surface area is 112 Å². The standard InChI is InChI=1S/C17H27N/c1-17(2,3)18-16-11-9-15(10-12-16)13-14-7-5-4-6-8-14/h4-8,15-16,18H,9-13H2,1-3H3. The van der Waals surface area contributed by atoms with E-state index in [1.54, 1.807) is 0 Å². The number of nitrogens with one attached hydrogen (secondary N) is 1. The van der Waals surface area contributed by atoms with E-state index < -0.39 is 0 Å². The molecule has 0 saturated heterocycles. The zero-order valence-electron chi connectivity index (χ0n) is 12.1. The third-order valence-corrected chi connectivity index (χ3v) is 3.85. The van der Waals surface area contributed by atoms with Crippen LogP contribution in [0.25, 0.3) is 0 Å². The van der Waals surface area contributed by atoms with Gasteiger partial charge in [-0.3, -0.25) is 0 Å². The largest absolute Gasteiger partial charge is 0.309 e. The first-order valence-electron chi connectivity index (χ1n) is 7.34. The lowest BCUT2D eigenvalue weighted by Gasteiger charge is -2.34. The quantitative estimate of drug-likeness (QED) is 0.842. The van der Waals surface area contributed by atoms with Crippen molar-refractivity contribution in [3.8, 4) is 0 Å². The van der Waals surface area contributed by atoms with Crippen LogP contribution in [0.15, 0.2) is 30.3 Å². The van der Waals surface area contributed by atoms with E-state index >= 15 is 0 Å². The molecule has 0 radical (unpaired) electrons. The topological polar surface area (TPSA) is 12.0 Å². The molecule has 2 rings (SSSR count). The maximum Gasteiger partial charge on any atom is 0.00990 e. The molecule has 1 aromatic carbocycles. The Kier molecular flexibility index (Phi) is 4.45. The SMILES string of the molecule is CC(C)(C)NC1CCC(Cc2ccccc2)CC1. The monoisotopic (exact) mass is 245 g/mol. The Morgan fingerprint density at radius 2 is 1.61 bits per heavy atom. The molecule has 0 aromatic heterocycles. The van der Waals surface area contributed by atoms with Gasteiger partial charge in [0.25, 0.3) is 0 Å².